The maximum Gasteiger partial charge on any atom is 0.226 e. The third-order valence-electron chi connectivity index (χ3n) is 5.48. The molecule has 0 amide bonds. The summed E-state index contributed by atoms with van der Waals surface area (Å²) in [6.45, 7) is 4.28. The van der Waals surface area contributed by atoms with Gasteiger partial charge in [0.25, 0.3) is 0 Å². The lowest BCUT2D eigenvalue weighted by atomic mass is 9.73. The molecule has 1 aliphatic carbocycles. The molecule has 5 rings (SSSR count). The zero-order chi connectivity index (χ0) is 19.3. The maximum atomic E-state index is 13.2. The van der Waals surface area contributed by atoms with Crippen LogP contribution in [0.1, 0.15) is 38.3 Å². The summed E-state index contributed by atoms with van der Waals surface area (Å²) in [5, 5.41) is 8.22. The molecule has 1 aromatic heterocycles. The Morgan fingerprint density at radius 2 is 1.68 bits per heavy atom. The second kappa shape index (κ2) is 6.16. The van der Waals surface area contributed by atoms with Crippen LogP contribution in [0.25, 0.3) is 11.4 Å². The van der Waals surface area contributed by atoms with Crippen LogP contribution in [0.3, 0.4) is 0 Å². The molecule has 5 heteroatoms. The summed E-state index contributed by atoms with van der Waals surface area (Å²) in [4.78, 5) is 17.9. The van der Waals surface area contributed by atoms with Crippen LogP contribution in [-0.2, 0) is 4.79 Å². The molecule has 140 valence electrons. The van der Waals surface area contributed by atoms with Crippen LogP contribution in [0.5, 0.6) is 0 Å². The van der Waals surface area contributed by atoms with Crippen molar-refractivity contribution in [2.45, 2.75) is 32.7 Å². The van der Waals surface area contributed by atoms with Crippen molar-refractivity contribution in [3.05, 3.63) is 77.5 Å². The minimum Gasteiger partial charge on any atom is -0.328 e. The van der Waals surface area contributed by atoms with Crippen LogP contribution < -0.4 is 5.32 Å². The van der Waals surface area contributed by atoms with Gasteiger partial charge in [0, 0.05) is 23.3 Å². The molecule has 0 saturated carbocycles. The monoisotopic (exact) mass is 370 g/mol. The Kier molecular flexibility index (Phi) is 3.72. The smallest absolute Gasteiger partial charge is 0.226 e. The topological polar surface area (TPSA) is 59.8 Å². The minimum absolute atomic E-state index is 0.0609. The highest BCUT2D eigenvalue weighted by Gasteiger charge is 2.41. The summed E-state index contributed by atoms with van der Waals surface area (Å²) in [5.41, 5.74) is 3.75. The Bertz CT molecular complexity index is 1080. The quantitative estimate of drug-likeness (QED) is 0.716. The highest BCUT2D eigenvalue weighted by atomic mass is 16.1. The molecule has 2 heterocycles. The highest BCUT2D eigenvalue weighted by molar-refractivity contribution is 6.00. The van der Waals surface area contributed by atoms with Crippen LogP contribution in [0.2, 0.25) is 0 Å². The van der Waals surface area contributed by atoms with Gasteiger partial charge in [-0.05, 0) is 17.4 Å². The van der Waals surface area contributed by atoms with Crippen molar-refractivity contribution in [1.82, 2.24) is 14.8 Å². The fourth-order valence-corrected chi connectivity index (χ4v) is 4.26. The maximum absolute atomic E-state index is 13.2. The van der Waals surface area contributed by atoms with Crippen LogP contribution >= 0.6 is 0 Å². The van der Waals surface area contributed by atoms with Gasteiger partial charge in [0.1, 0.15) is 6.04 Å². The van der Waals surface area contributed by atoms with Crippen molar-refractivity contribution in [1.29, 1.82) is 0 Å². The third-order valence-corrected chi connectivity index (χ3v) is 5.48. The Morgan fingerprint density at radius 3 is 2.39 bits per heavy atom. The number of Topliss-reactive ketones (excluding diaryl/α,β-unsaturated/α-hetero) is 1. The van der Waals surface area contributed by atoms with Gasteiger partial charge in [-0.15, -0.1) is 5.10 Å². The van der Waals surface area contributed by atoms with Crippen LogP contribution in [-0.4, -0.2) is 20.5 Å². The van der Waals surface area contributed by atoms with Gasteiger partial charge in [0.15, 0.2) is 11.6 Å². The Balaban J connectivity index is 1.69. The zero-order valence-corrected chi connectivity index (χ0v) is 16.0. The van der Waals surface area contributed by atoms with Gasteiger partial charge >= 0.3 is 0 Å². The number of fused-ring (bicyclic) bond motifs is 1. The van der Waals surface area contributed by atoms with E-state index >= 15 is 0 Å². The van der Waals surface area contributed by atoms with E-state index in [1.807, 2.05) is 53.2 Å². The molecule has 0 radical (unpaired) electrons. The SMILES string of the molecule is CC1(C)CC(=O)C2=C(C1)Nc1nc(-c3ccccc3)nn1C2c1ccccc1. The largest absolute Gasteiger partial charge is 0.328 e. The number of anilines is 1. The van der Waals surface area contributed by atoms with E-state index in [-0.39, 0.29) is 17.2 Å². The predicted octanol–water partition coefficient (Wildman–Crippen LogP) is 4.60. The Hall–Kier alpha value is -3.21. The first kappa shape index (κ1) is 16.9. The number of nitrogens with zero attached hydrogens (tertiary/aromatic N) is 3. The normalized spacial score (nSPS) is 20.4. The summed E-state index contributed by atoms with van der Waals surface area (Å²) in [6.07, 6.45) is 1.37. The van der Waals surface area contributed by atoms with Gasteiger partial charge in [0.2, 0.25) is 5.95 Å². The van der Waals surface area contributed by atoms with Gasteiger partial charge in [-0.25, -0.2) is 4.68 Å². The molecule has 1 atom stereocenters. The van der Waals surface area contributed by atoms with Crippen LogP contribution in [0.15, 0.2) is 71.9 Å². The Morgan fingerprint density at radius 1 is 1.00 bits per heavy atom. The van der Waals surface area contributed by atoms with E-state index in [1.54, 1.807) is 0 Å². The lowest BCUT2D eigenvalue weighted by molar-refractivity contribution is -0.118. The number of carbonyl (C=O) groups excluding carboxylic acids is 1. The first-order chi connectivity index (χ1) is 13.5. The molecule has 0 saturated heterocycles. The average Bonchev–Trinajstić information content (AvgIpc) is 3.10. The lowest BCUT2D eigenvalue weighted by Crippen LogP contribution is -2.36. The van der Waals surface area contributed by atoms with Crippen LogP contribution in [0, 0.1) is 5.41 Å². The molecule has 3 aromatic rings. The van der Waals surface area contributed by atoms with E-state index in [9.17, 15) is 4.79 Å². The summed E-state index contributed by atoms with van der Waals surface area (Å²) in [7, 11) is 0. The van der Waals surface area contributed by atoms with Crippen LogP contribution in [0.4, 0.5) is 5.95 Å². The number of ketones is 1. The van der Waals surface area contributed by atoms with Gasteiger partial charge in [-0.3, -0.25) is 4.79 Å². The number of benzene rings is 2. The minimum atomic E-state index is -0.249. The van der Waals surface area contributed by atoms with E-state index in [1.165, 1.54) is 0 Å². The lowest BCUT2D eigenvalue weighted by Gasteiger charge is -2.38. The second-order valence-corrected chi connectivity index (χ2v) is 8.34. The number of carbonyl (C=O) groups is 1. The molecule has 1 N–H and O–H groups in total. The summed E-state index contributed by atoms with van der Waals surface area (Å²) in [6, 6.07) is 19.8. The third kappa shape index (κ3) is 2.74. The number of aromatic nitrogens is 3. The number of rotatable bonds is 2. The molecule has 0 spiro atoms. The summed E-state index contributed by atoms with van der Waals surface area (Å²) >= 11 is 0. The first-order valence-electron chi connectivity index (χ1n) is 9.62. The number of hydrogen-bond acceptors (Lipinski definition) is 4. The molecule has 2 aromatic carbocycles. The van der Waals surface area contributed by atoms with Crippen molar-refractivity contribution < 1.29 is 4.79 Å². The van der Waals surface area contributed by atoms with Crippen molar-refractivity contribution >= 4 is 11.7 Å². The highest BCUT2D eigenvalue weighted by Crippen LogP contribution is 2.45. The molecule has 5 nitrogen and oxygen atoms in total. The van der Waals surface area contributed by atoms with E-state index in [4.69, 9.17) is 10.1 Å². The second-order valence-electron chi connectivity index (χ2n) is 8.34. The fourth-order valence-electron chi connectivity index (χ4n) is 4.26. The standard InChI is InChI=1S/C23H22N4O/c1-23(2)13-17-19(18(28)14-23)20(15-9-5-3-6-10-15)27-22(24-17)25-21(26-27)16-11-7-4-8-12-16/h3-12,20H,13-14H2,1-2H3,(H,24,25,26). The molecular weight excluding hydrogens is 348 g/mol. The molecular formula is C23H22N4O. The van der Waals surface area contributed by atoms with E-state index in [2.05, 4.69) is 31.3 Å². The number of hydrogen-bond donors (Lipinski definition) is 1. The zero-order valence-electron chi connectivity index (χ0n) is 16.0. The average molecular weight is 370 g/mol. The predicted molar refractivity (Wildman–Crippen MR) is 109 cm³/mol. The molecule has 1 aliphatic heterocycles. The van der Waals surface area contributed by atoms with Crippen molar-refractivity contribution in [2.24, 2.45) is 5.41 Å². The van der Waals surface area contributed by atoms with E-state index < -0.39 is 0 Å². The molecule has 0 fully saturated rings. The summed E-state index contributed by atoms with van der Waals surface area (Å²) < 4.78 is 1.87. The molecule has 1 unspecified atom stereocenters. The van der Waals surface area contributed by atoms with Gasteiger partial charge in [0.05, 0.1) is 0 Å². The summed E-state index contributed by atoms with van der Waals surface area (Å²) in [5.74, 6) is 1.54. The molecule has 2 aliphatic rings. The van der Waals surface area contributed by atoms with Crippen molar-refractivity contribution in [3.8, 4) is 11.4 Å². The van der Waals surface area contributed by atoms with Gasteiger partial charge in [-0.1, -0.05) is 74.5 Å². The Labute approximate surface area is 164 Å². The molecule has 0 bridgehead atoms. The van der Waals surface area contributed by atoms with Gasteiger partial charge in [-0.2, -0.15) is 4.98 Å². The number of allylic oxidation sites excluding steroid dienone is 2. The number of nitrogens with one attached hydrogen (secondary N) is 1. The first-order valence-corrected chi connectivity index (χ1v) is 9.62. The van der Waals surface area contributed by atoms with Gasteiger partial charge < -0.3 is 5.32 Å². The van der Waals surface area contributed by atoms with E-state index in [0.29, 0.717) is 18.2 Å². The fraction of sp³-hybridized carbons (Fsp3) is 0.261. The van der Waals surface area contributed by atoms with E-state index in [0.717, 1.165) is 28.8 Å². The van der Waals surface area contributed by atoms with Crippen molar-refractivity contribution in [3.63, 3.8) is 0 Å². The molecule has 28 heavy (non-hydrogen) atoms. The van der Waals surface area contributed by atoms with Crippen molar-refractivity contribution in [2.75, 3.05) is 5.32 Å².